The smallest absolute Gasteiger partial charge is 0.230 e. The molecule has 0 aromatic heterocycles. The quantitative estimate of drug-likeness (QED) is 0.820. The molecule has 6 heteroatoms. The molecule has 1 saturated carbocycles. The molecule has 3 saturated heterocycles. The first-order valence-electron chi connectivity index (χ1n) is 11.8. The van der Waals surface area contributed by atoms with E-state index in [1.165, 1.54) is 12.8 Å². The number of aliphatic hydroxyl groups excluding tert-OH is 1. The van der Waals surface area contributed by atoms with Crippen LogP contribution >= 0.6 is 0 Å². The number of piperidine rings is 1. The zero-order valence-corrected chi connectivity index (χ0v) is 17.9. The van der Waals surface area contributed by atoms with Crippen LogP contribution in [0.25, 0.3) is 0 Å². The van der Waals surface area contributed by atoms with Crippen LogP contribution in [0.4, 0.5) is 15.8 Å². The van der Waals surface area contributed by atoms with Gasteiger partial charge in [0.15, 0.2) is 0 Å². The largest absolute Gasteiger partial charge is 0.393 e. The molecule has 164 valence electrons. The van der Waals surface area contributed by atoms with Crippen molar-refractivity contribution in [3.63, 3.8) is 0 Å². The van der Waals surface area contributed by atoms with Crippen LogP contribution in [0, 0.1) is 11.2 Å². The summed E-state index contributed by atoms with van der Waals surface area (Å²) in [4.78, 5) is 19.9. The Bertz CT molecular complexity index is 789. The third-order valence-corrected chi connectivity index (χ3v) is 7.97. The van der Waals surface area contributed by atoms with E-state index in [1.54, 1.807) is 6.07 Å². The topological polar surface area (TPSA) is 47.0 Å². The predicted molar refractivity (Wildman–Crippen MR) is 116 cm³/mol. The molecule has 4 fully saturated rings. The lowest BCUT2D eigenvalue weighted by Gasteiger charge is -2.41. The average Bonchev–Trinajstić information content (AvgIpc) is 3.39. The number of nitrogens with zero attached hydrogens (tertiary/aromatic N) is 3. The van der Waals surface area contributed by atoms with Gasteiger partial charge >= 0.3 is 0 Å². The Labute approximate surface area is 178 Å². The first-order chi connectivity index (χ1) is 14.6. The normalized spacial score (nSPS) is 32.5. The van der Waals surface area contributed by atoms with Crippen LogP contribution in [0.3, 0.4) is 0 Å². The highest BCUT2D eigenvalue weighted by molar-refractivity contribution is 5.86. The highest BCUT2D eigenvalue weighted by Crippen LogP contribution is 2.44. The van der Waals surface area contributed by atoms with Gasteiger partial charge in [0.2, 0.25) is 5.91 Å². The van der Waals surface area contributed by atoms with Gasteiger partial charge in [0.25, 0.3) is 0 Å². The van der Waals surface area contributed by atoms with E-state index in [9.17, 15) is 9.90 Å². The van der Waals surface area contributed by atoms with Gasteiger partial charge in [-0.15, -0.1) is 0 Å². The number of halogens is 1. The van der Waals surface area contributed by atoms with Crippen LogP contribution in [-0.4, -0.2) is 60.8 Å². The summed E-state index contributed by atoms with van der Waals surface area (Å²) in [6.45, 7) is 4.26. The highest BCUT2D eigenvalue weighted by atomic mass is 19.1. The van der Waals surface area contributed by atoms with Crippen LogP contribution in [0.5, 0.6) is 0 Å². The number of likely N-dealkylation sites (tertiary alicyclic amines) is 1. The monoisotopic (exact) mass is 415 g/mol. The molecule has 5 nitrogen and oxygen atoms in total. The average molecular weight is 416 g/mol. The SMILES string of the molecule is O=C1N(C2CCC(O)CC2)CC[C@@]12CCCN(c1ccc(N3CCCC3)cc1F)C2. The number of hydrogen-bond acceptors (Lipinski definition) is 4. The zero-order valence-electron chi connectivity index (χ0n) is 17.9. The van der Waals surface area contributed by atoms with Crippen molar-refractivity contribution in [3.05, 3.63) is 24.0 Å². The van der Waals surface area contributed by atoms with Gasteiger partial charge in [-0.2, -0.15) is 0 Å². The molecule has 1 aromatic rings. The predicted octanol–water partition coefficient (Wildman–Crippen LogP) is 3.55. The van der Waals surface area contributed by atoms with Gasteiger partial charge < -0.3 is 19.8 Å². The number of carbonyl (C=O) groups excluding carboxylic acids is 1. The lowest BCUT2D eigenvalue weighted by molar-refractivity contribution is -0.139. The first kappa shape index (κ1) is 20.1. The van der Waals surface area contributed by atoms with E-state index in [0.717, 1.165) is 76.8 Å². The molecule has 1 aromatic carbocycles. The van der Waals surface area contributed by atoms with Crippen LogP contribution in [0.15, 0.2) is 18.2 Å². The van der Waals surface area contributed by atoms with Crippen molar-refractivity contribution in [3.8, 4) is 0 Å². The Morgan fingerprint density at radius 3 is 2.40 bits per heavy atom. The van der Waals surface area contributed by atoms with Gasteiger partial charge in [0.05, 0.1) is 17.2 Å². The Morgan fingerprint density at radius 2 is 1.67 bits per heavy atom. The first-order valence-corrected chi connectivity index (χ1v) is 11.8. The van der Waals surface area contributed by atoms with Crippen LogP contribution < -0.4 is 9.80 Å². The summed E-state index contributed by atoms with van der Waals surface area (Å²) in [7, 11) is 0. The maximum Gasteiger partial charge on any atom is 0.230 e. The minimum Gasteiger partial charge on any atom is -0.393 e. The molecule has 0 radical (unpaired) electrons. The van der Waals surface area contributed by atoms with Crippen molar-refractivity contribution in [2.75, 3.05) is 42.5 Å². The third-order valence-electron chi connectivity index (χ3n) is 7.97. The molecule has 1 aliphatic carbocycles. The summed E-state index contributed by atoms with van der Waals surface area (Å²) in [6.07, 6.45) is 8.24. The van der Waals surface area contributed by atoms with Crippen molar-refractivity contribution in [1.82, 2.24) is 4.90 Å². The number of rotatable bonds is 3. The summed E-state index contributed by atoms with van der Waals surface area (Å²) in [6, 6.07) is 5.91. The van der Waals surface area contributed by atoms with Crippen molar-refractivity contribution >= 4 is 17.3 Å². The fraction of sp³-hybridized carbons (Fsp3) is 0.708. The molecule has 3 heterocycles. The zero-order chi connectivity index (χ0) is 20.7. The Balaban J connectivity index is 1.30. The maximum absolute atomic E-state index is 15.1. The highest BCUT2D eigenvalue weighted by Gasteiger charge is 2.50. The second-order valence-electron chi connectivity index (χ2n) is 9.85. The molecule has 4 aliphatic rings. The van der Waals surface area contributed by atoms with Crippen LogP contribution in [-0.2, 0) is 4.79 Å². The molecule has 0 bridgehead atoms. The summed E-state index contributed by atoms with van der Waals surface area (Å²) >= 11 is 0. The molecule has 1 spiro atoms. The van der Waals surface area contributed by atoms with E-state index in [1.807, 2.05) is 12.1 Å². The molecular formula is C24H34FN3O2. The molecule has 1 amide bonds. The third kappa shape index (κ3) is 3.57. The van der Waals surface area contributed by atoms with Crippen molar-refractivity contribution < 1.29 is 14.3 Å². The summed E-state index contributed by atoms with van der Waals surface area (Å²) < 4.78 is 15.1. The number of anilines is 2. The Morgan fingerprint density at radius 1 is 0.933 bits per heavy atom. The lowest BCUT2D eigenvalue weighted by atomic mass is 9.78. The second kappa shape index (κ2) is 8.03. The summed E-state index contributed by atoms with van der Waals surface area (Å²) in [5.41, 5.74) is 1.25. The second-order valence-corrected chi connectivity index (χ2v) is 9.85. The fourth-order valence-electron chi connectivity index (χ4n) is 6.21. The summed E-state index contributed by atoms with van der Waals surface area (Å²) in [5, 5.41) is 9.80. The fourth-order valence-corrected chi connectivity index (χ4v) is 6.21. The number of hydrogen-bond donors (Lipinski definition) is 1. The molecule has 1 atom stereocenters. The molecule has 3 aliphatic heterocycles. The number of benzene rings is 1. The van der Waals surface area contributed by atoms with Crippen molar-refractivity contribution in [2.45, 2.75) is 69.9 Å². The molecule has 0 unspecified atom stereocenters. The molecular weight excluding hydrogens is 381 g/mol. The van der Waals surface area contributed by atoms with Crippen molar-refractivity contribution in [1.29, 1.82) is 0 Å². The van der Waals surface area contributed by atoms with Gasteiger partial charge in [0, 0.05) is 44.5 Å². The Hall–Kier alpha value is -1.82. The minimum absolute atomic E-state index is 0.167. The number of aliphatic hydroxyl groups is 1. The van der Waals surface area contributed by atoms with E-state index in [-0.39, 0.29) is 29.3 Å². The van der Waals surface area contributed by atoms with Gasteiger partial charge in [-0.05, 0) is 76.0 Å². The molecule has 1 N–H and O–H groups in total. The van der Waals surface area contributed by atoms with Crippen LogP contribution in [0.2, 0.25) is 0 Å². The van der Waals surface area contributed by atoms with Gasteiger partial charge in [-0.1, -0.05) is 0 Å². The molecule has 5 rings (SSSR count). The van der Waals surface area contributed by atoms with Gasteiger partial charge in [-0.25, -0.2) is 4.39 Å². The summed E-state index contributed by atoms with van der Waals surface area (Å²) in [5.74, 6) is 0.0997. The number of amides is 1. The van der Waals surface area contributed by atoms with E-state index in [2.05, 4.69) is 14.7 Å². The van der Waals surface area contributed by atoms with Crippen molar-refractivity contribution in [2.24, 2.45) is 5.41 Å². The van der Waals surface area contributed by atoms with E-state index >= 15 is 4.39 Å². The Kier molecular flexibility index (Phi) is 5.38. The number of carbonyl (C=O) groups is 1. The van der Waals surface area contributed by atoms with Gasteiger partial charge in [0.1, 0.15) is 5.82 Å². The minimum atomic E-state index is -0.367. The van der Waals surface area contributed by atoms with E-state index in [0.29, 0.717) is 12.2 Å². The van der Waals surface area contributed by atoms with Gasteiger partial charge in [-0.3, -0.25) is 4.79 Å². The van der Waals surface area contributed by atoms with Crippen LogP contribution in [0.1, 0.15) is 57.8 Å². The maximum atomic E-state index is 15.1. The van der Waals surface area contributed by atoms with E-state index in [4.69, 9.17) is 0 Å². The standard InChI is InChI=1S/C24H34FN3O2/c25-21-16-19(26-12-1-2-13-26)6-9-22(21)27-14-3-10-24(17-27)11-15-28(23(24)30)18-4-7-20(29)8-5-18/h6,9,16,18,20,29H,1-5,7-8,10-15,17H2/t18?,20?,24-/m1/s1. The van der Waals surface area contributed by atoms with E-state index < -0.39 is 0 Å². The lowest BCUT2D eigenvalue weighted by Crippen LogP contribution is -2.50. The molecule has 30 heavy (non-hydrogen) atoms.